The van der Waals surface area contributed by atoms with Crippen molar-refractivity contribution < 1.29 is 19.1 Å². The van der Waals surface area contributed by atoms with Crippen LogP contribution in [0.25, 0.3) is 0 Å². The van der Waals surface area contributed by atoms with Crippen LogP contribution >= 0.6 is 19.4 Å². The van der Waals surface area contributed by atoms with E-state index in [4.69, 9.17) is 24.5 Å². The molecule has 37 heavy (non-hydrogen) atoms. The fraction of sp³-hybridized carbons (Fsp3) is 0.727. The van der Waals surface area contributed by atoms with Gasteiger partial charge in [0, 0.05) is 51.4 Å². The Morgan fingerprint density at radius 1 is 1.16 bits per heavy atom. The molecule has 0 spiro atoms. The molecule has 2 fully saturated rings. The van der Waals surface area contributed by atoms with Gasteiger partial charge in [0.25, 0.3) is 0 Å². The highest BCUT2D eigenvalue weighted by molar-refractivity contribution is 7.98. The van der Waals surface area contributed by atoms with Crippen molar-refractivity contribution in [2.24, 2.45) is 0 Å². The largest absolute Gasteiger partial charge is 0.378 e. The van der Waals surface area contributed by atoms with Crippen LogP contribution in [0.4, 0.5) is 17.6 Å². The van der Waals surface area contributed by atoms with Gasteiger partial charge >= 0.3 is 7.60 Å². The Morgan fingerprint density at radius 2 is 1.95 bits per heavy atom. The SMILES string of the molecule is CSCCCn1cc(CNc2nc(NC3CCN(CCP(=O)(O)O)CC3)cc(N3CCOCC3)n2)nn1. The normalized spacial score (nSPS) is 17.8. The molecule has 0 radical (unpaired) electrons. The lowest BCUT2D eigenvalue weighted by Gasteiger charge is -2.33. The number of ether oxygens (including phenoxy) is 1. The van der Waals surface area contributed by atoms with Crippen molar-refractivity contribution in [1.82, 2.24) is 29.9 Å². The number of aryl methyl sites for hydroxylation is 1. The van der Waals surface area contributed by atoms with E-state index in [1.54, 1.807) is 0 Å². The molecule has 0 saturated carbocycles. The molecule has 0 amide bonds. The second-order valence-corrected chi connectivity index (χ2v) is 12.1. The van der Waals surface area contributed by atoms with E-state index in [-0.39, 0.29) is 12.2 Å². The summed E-state index contributed by atoms with van der Waals surface area (Å²) in [6, 6.07) is 2.21. The van der Waals surface area contributed by atoms with E-state index in [1.807, 2.05) is 28.7 Å². The molecule has 2 aromatic heterocycles. The van der Waals surface area contributed by atoms with Crippen LogP contribution in [0.3, 0.4) is 0 Å². The molecular weight excluding hydrogens is 517 g/mol. The number of hydrogen-bond donors (Lipinski definition) is 4. The number of piperidine rings is 1. The fourth-order valence-electron chi connectivity index (χ4n) is 4.39. The molecule has 0 unspecified atom stereocenters. The number of nitrogens with zero attached hydrogens (tertiary/aromatic N) is 7. The van der Waals surface area contributed by atoms with Crippen molar-refractivity contribution in [3.63, 3.8) is 0 Å². The minimum Gasteiger partial charge on any atom is -0.378 e. The Morgan fingerprint density at radius 3 is 2.68 bits per heavy atom. The van der Waals surface area contributed by atoms with E-state index < -0.39 is 7.60 Å². The van der Waals surface area contributed by atoms with Gasteiger partial charge < -0.3 is 35.0 Å². The lowest BCUT2D eigenvalue weighted by Crippen LogP contribution is -2.40. The average molecular weight is 556 g/mol. The molecule has 2 aromatic rings. The lowest BCUT2D eigenvalue weighted by molar-refractivity contribution is 0.122. The minimum atomic E-state index is -3.97. The van der Waals surface area contributed by atoms with Crippen LogP contribution in [0.15, 0.2) is 12.3 Å². The molecule has 0 bridgehead atoms. The second kappa shape index (κ2) is 13.7. The highest BCUT2D eigenvalue weighted by Gasteiger charge is 2.23. The smallest absolute Gasteiger partial charge is 0.326 e. The summed E-state index contributed by atoms with van der Waals surface area (Å²) in [6.07, 6.45) is 6.77. The average Bonchev–Trinajstić information content (AvgIpc) is 3.35. The van der Waals surface area contributed by atoms with Crippen LogP contribution in [0.2, 0.25) is 0 Å². The van der Waals surface area contributed by atoms with E-state index in [0.29, 0.717) is 32.3 Å². The number of thioether (sulfide) groups is 1. The number of nitrogens with one attached hydrogen (secondary N) is 2. The van der Waals surface area contributed by atoms with Gasteiger partial charge in [-0.3, -0.25) is 9.25 Å². The van der Waals surface area contributed by atoms with Crippen molar-refractivity contribution in [3.8, 4) is 0 Å². The first kappa shape index (κ1) is 28.1. The zero-order valence-corrected chi connectivity index (χ0v) is 23.0. The highest BCUT2D eigenvalue weighted by atomic mass is 32.2. The topological polar surface area (TPSA) is 154 Å². The first-order valence-electron chi connectivity index (χ1n) is 12.7. The highest BCUT2D eigenvalue weighted by Crippen LogP contribution is 2.34. The van der Waals surface area contributed by atoms with Gasteiger partial charge in [-0.1, -0.05) is 5.21 Å². The maximum Gasteiger partial charge on any atom is 0.326 e. The third-order valence-electron chi connectivity index (χ3n) is 6.44. The van der Waals surface area contributed by atoms with Gasteiger partial charge in [-0.25, -0.2) is 0 Å². The van der Waals surface area contributed by atoms with Crippen LogP contribution in [0.1, 0.15) is 25.0 Å². The molecule has 13 nitrogen and oxygen atoms in total. The van der Waals surface area contributed by atoms with Gasteiger partial charge in [0.2, 0.25) is 5.95 Å². The summed E-state index contributed by atoms with van der Waals surface area (Å²) in [7, 11) is -3.97. The molecule has 0 atom stereocenters. The Kier molecular flexibility index (Phi) is 10.4. The van der Waals surface area contributed by atoms with Crippen molar-refractivity contribution in [2.75, 3.05) is 79.6 Å². The summed E-state index contributed by atoms with van der Waals surface area (Å²) >= 11 is 1.83. The van der Waals surface area contributed by atoms with E-state index >= 15 is 0 Å². The van der Waals surface area contributed by atoms with E-state index in [9.17, 15) is 4.57 Å². The third-order valence-corrected chi connectivity index (χ3v) is 7.92. The zero-order valence-electron chi connectivity index (χ0n) is 21.3. The Balaban J connectivity index is 1.37. The van der Waals surface area contributed by atoms with Crippen LogP contribution in [0.5, 0.6) is 0 Å². The summed E-state index contributed by atoms with van der Waals surface area (Å²) in [5, 5.41) is 15.4. The van der Waals surface area contributed by atoms with E-state index in [1.165, 1.54) is 0 Å². The molecular formula is C22H38N9O4PS. The van der Waals surface area contributed by atoms with Crippen molar-refractivity contribution in [2.45, 2.75) is 38.4 Å². The molecule has 0 aromatic carbocycles. The summed E-state index contributed by atoms with van der Waals surface area (Å²) < 4.78 is 18.6. The summed E-state index contributed by atoms with van der Waals surface area (Å²) in [5.74, 6) is 3.23. The van der Waals surface area contributed by atoms with Crippen LogP contribution in [-0.2, 0) is 22.4 Å². The maximum absolute atomic E-state index is 11.2. The molecule has 206 valence electrons. The van der Waals surface area contributed by atoms with Gasteiger partial charge in [-0.2, -0.15) is 21.7 Å². The summed E-state index contributed by atoms with van der Waals surface area (Å²) in [6.45, 7) is 6.21. The molecule has 2 aliphatic rings. The number of rotatable bonds is 13. The summed E-state index contributed by atoms with van der Waals surface area (Å²) in [5.41, 5.74) is 0.835. The van der Waals surface area contributed by atoms with E-state index in [0.717, 1.165) is 75.1 Å². The number of anilines is 3. The Hall–Kier alpha value is -1.96. The van der Waals surface area contributed by atoms with Crippen LogP contribution < -0.4 is 15.5 Å². The van der Waals surface area contributed by atoms with Crippen molar-refractivity contribution in [3.05, 3.63) is 18.0 Å². The van der Waals surface area contributed by atoms with Gasteiger partial charge in [0.05, 0.1) is 32.1 Å². The van der Waals surface area contributed by atoms with Gasteiger partial charge in [0.15, 0.2) is 0 Å². The maximum atomic E-state index is 11.2. The first-order valence-corrected chi connectivity index (χ1v) is 15.9. The van der Waals surface area contributed by atoms with E-state index in [2.05, 4.69) is 37.0 Å². The molecule has 2 aliphatic heterocycles. The number of aromatic nitrogens is 5. The van der Waals surface area contributed by atoms with Crippen LogP contribution in [-0.4, -0.2) is 110 Å². The molecule has 4 heterocycles. The minimum absolute atomic E-state index is 0.0967. The monoisotopic (exact) mass is 555 g/mol. The van der Waals surface area contributed by atoms with Gasteiger partial charge in [-0.05, 0) is 31.3 Å². The van der Waals surface area contributed by atoms with Gasteiger partial charge in [-0.15, -0.1) is 5.10 Å². The number of morpholine rings is 1. The molecule has 4 N–H and O–H groups in total. The zero-order chi connectivity index (χ0) is 26.1. The fourth-order valence-corrected chi connectivity index (χ4v) is 5.35. The summed E-state index contributed by atoms with van der Waals surface area (Å²) in [4.78, 5) is 32.1. The second-order valence-electron chi connectivity index (χ2n) is 9.36. The number of hydrogen-bond acceptors (Lipinski definition) is 11. The standard InChI is InChI=1S/C22H38N9O4PS/c1-37-14-2-5-31-17-19(27-28-31)16-23-22-25-20(15-21(26-22)30-8-11-35-12-9-30)24-18-3-6-29(7-4-18)10-13-36(32,33)34/h15,17-18H,2-14,16H2,1H3,(H2,32,33,34)(H2,23,24,25,26). The molecule has 15 heteroatoms. The predicted octanol–water partition coefficient (Wildman–Crippen LogP) is 1.32. The predicted molar refractivity (Wildman–Crippen MR) is 145 cm³/mol. The molecule has 4 rings (SSSR count). The molecule has 0 aliphatic carbocycles. The Labute approximate surface area is 221 Å². The van der Waals surface area contributed by atoms with Crippen molar-refractivity contribution >= 4 is 36.9 Å². The number of likely N-dealkylation sites (tertiary alicyclic amines) is 1. The quantitative estimate of drug-likeness (QED) is 0.208. The van der Waals surface area contributed by atoms with Crippen LogP contribution in [0, 0.1) is 0 Å². The molecule has 2 saturated heterocycles. The van der Waals surface area contributed by atoms with Crippen molar-refractivity contribution in [1.29, 1.82) is 0 Å². The van der Waals surface area contributed by atoms with Gasteiger partial charge in [0.1, 0.15) is 17.3 Å². The Bertz CT molecular complexity index is 1030. The first-order chi connectivity index (χ1) is 17.9. The lowest BCUT2D eigenvalue weighted by atomic mass is 10.1. The third kappa shape index (κ3) is 9.38.